The number of rotatable bonds is 7. The molecule has 142 valence electrons. The molecule has 5 nitrogen and oxygen atoms in total. The maximum Gasteiger partial charge on any atom is 0.241 e. The Morgan fingerprint density at radius 1 is 1.19 bits per heavy atom. The number of methoxy groups -OCH3 is 1. The molecule has 2 aromatic carbocycles. The van der Waals surface area contributed by atoms with Crippen molar-refractivity contribution >= 4 is 0 Å². The second-order valence-corrected chi connectivity index (χ2v) is 6.79. The first-order valence-corrected chi connectivity index (χ1v) is 8.88. The predicted octanol–water partition coefficient (Wildman–Crippen LogP) is 4.26. The summed E-state index contributed by atoms with van der Waals surface area (Å²) in [5, 5.41) is 3.98. The molecule has 27 heavy (non-hydrogen) atoms. The molecular formula is C21H24FN3O2. The van der Waals surface area contributed by atoms with Gasteiger partial charge in [-0.05, 0) is 56.6 Å². The molecule has 6 heteroatoms. The van der Waals surface area contributed by atoms with Crippen LogP contribution >= 0.6 is 0 Å². The average molecular weight is 369 g/mol. The molecule has 1 atom stereocenters. The minimum atomic E-state index is -0.274. The summed E-state index contributed by atoms with van der Waals surface area (Å²) < 4.78 is 24.3. The van der Waals surface area contributed by atoms with Gasteiger partial charge in [0, 0.05) is 11.6 Å². The fraction of sp³-hybridized carbons (Fsp3) is 0.333. The van der Waals surface area contributed by atoms with Crippen LogP contribution < -0.4 is 4.74 Å². The quantitative estimate of drug-likeness (QED) is 0.623. The molecule has 0 radical (unpaired) electrons. The second-order valence-electron chi connectivity index (χ2n) is 6.79. The van der Waals surface area contributed by atoms with Crippen LogP contribution in [0.2, 0.25) is 0 Å². The van der Waals surface area contributed by atoms with E-state index in [-0.39, 0.29) is 11.9 Å². The summed E-state index contributed by atoms with van der Waals surface area (Å²) in [5.74, 6) is 1.49. The van der Waals surface area contributed by atoms with Crippen molar-refractivity contribution in [1.29, 1.82) is 0 Å². The zero-order valence-corrected chi connectivity index (χ0v) is 16.1. The predicted molar refractivity (Wildman–Crippen MR) is 102 cm³/mol. The molecule has 0 bridgehead atoms. The fourth-order valence-corrected chi connectivity index (χ4v) is 2.80. The van der Waals surface area contributed by atoms with Crippen LogP contribution in [0.25, 0.3) is 11.4 Å². The van der Waals surface area contributed by atoms with E-state index in [1.807, 2.05) is 19.2 Å². The van der Waals surface area contributed by atoms with E-state index in [0.29, 0.717) is 29.4 Å². The Kier molecular flexibility index (Phi) is 5.86. The van der Waals surface area contributed by atoms with E-state index < -0.39 is 0 Å². The molecule has 3 rings (SSSR count). The number of hydrogen-bond donors (Lipinski definition) is 0. The maximum absolute atomic E-state index is 13.7. The van der Waals surface area contributed by atoms with Gasteiger partial charge in [-0.25, -0.2) is 4.39 Å². The lowest BCUT2D eigenvalue weighted by molar-refractivity contribution is 0.213. The van der Waals surface area contributed by atoms with Crippen LogP contribution in [0.1, 0.15) is 23.9 Å². The Bertz CT molecular complexity index is 893. The zero-order chi connectivity index (χ0) is 19.4. The van der Waals surface area contributed by atoms with Crippen molar-refractivity contribution in [2.75, 3.05) is 14.2 Å². The van der Waals surface area contributed by atoms with Gasteiger partial charge in [-0.1, -0.05) is 29.4 Å². The largest absolute Gasteiger partial charge is 0.497 e. The van der Waals surface area contributed by atoms with Crippen molar-refractivity contribution in [2.24, 2.45) is 0 Å². The molecule has 1 aromatic heterocycles. The highest BCUT2D eigenvalue weighted by molar-refractivity contribution is 5.54. The number of ether oxygens (including phenoxy) is 1. The van der Waals surface area contributed by atoms with Gasteiger partial charge in [0.25, 0.3) is 0 Å². The summed E-state index contributed by atoms with van der Waals surface area (Å²) in [6.45, 7) is 4.40. The minimum Gasteiger partial charge on any atom is -0.497 e. The molecule has 0 fully saturated rings. The lowest BCUT2D eigenvalue weighted by Gasteiger charge is -2.23. The normalized spacial score (nSPS) is 12.4. The number of hydrogen-bond acceptors (Lipinski definition) is 5. The number of benzene rings is 2. The van der Waals surface area contributed by atoms with Gasteiger partial charge in [0.1, 0.15) is 11.6 Å². The summed E-state index contributed by atoms with van der Waals surface area (Å²) in [4.78, 5) is 6.55. The topological polar surface area (TPSA) is 51.4 Å². The van der Waals surface area contributed by atoms with Crippen LogP contribution in [-0.4, -0.2) is 35.2 Å². The third kappa shape index (κ3) is 4.71. The number of aromatic nitrogens is 2. The molecule has 0 aliphatic rings. The molecule has 1 unspecified atom stereocenters. The van der Waals surface area contributed by atoms with E-state index >= 15 is 0 Å². The molecule has 0 amide bonds. The fourth-order valence-electron chi connectivity index (χ4n) is 2.80. The van der Waals surface area contributed by atoms with Gasteiger partial charge in [0.15, 0.2) is 0 Å². The lowest BCUT2D eigenvalue weighted by Crippen LogP contribution is -2.30. The third-order valence-electron chi connectivity index (χ3n) is 4.73. The summed E-state index contributed by atoms with van der Waals surface area (Å²) >= 11 is 0. The molecule has 0 N–H and O–H groups in total. The highest BCUT2D eigenvalue weighted by Gasteiger charge is 2.16. The van der Waals surface area contributed by atoms with Crippen LogP contribution in [0.4, 0.5) is 4.39 Å². The maximum atomic E-state index is 13.7. The minimum absolute atomic E-state index is 0.274. The second kappa shape index (κ2) is 8.31. The van der Waals surface area contributed by atoms with Crippen LogP contribution in [0.3, 0.4) is 0 Å². The van der Waals surface area contributed by atoms with Gasteiger partial charge in [-0.15, -0.1) is 0 Å². The Morgan fingerprint density at radius 3 is 2.59 bits per heavy atom. The summed E-state index contributed by atoms with van der Waals surface area (Å²) in [6, 6.07) is 13.3. The van der Waals surface area contributed by atoms with Crippen LogP contribution in [0.15, 0.2) is 47.0 Å². The van der Waals surface area contributed by atoms with Crippen molar-refractivity contribution in [2.45, 2.75) is 32.9 Å². The first kappa shape index (κ1) is 19.0. The van der Waals surface area contributed by atoms with E-state index in [4.69, 9.17) is 9.26 Å². The lowest BCUT2D eigenvalue weighted by atomic mass is 10.1. The van der Waals surface area contributed by atoms with Gasteiger partial charge in [-0.2, -0.15) is 4.98 Å². The summed E-state index contributed by atoms with van der Waals surface area (Å²) in [5.41, 5.74) is 2.44. The van der Waals surface area contributed by atoms with Gasteiger partial charge >= 0.3 is 0 Å². The molecule has 1 heterocycles. The van der Waals surface area contributed by atoms with Gasteiger partial charge in [0.05, 0.1) is 13.7 Å². The van der Waals surface area contributed by atoms with E-state index in [2.05, 4.69) is 34.1 Å². The van der Waals surface area contributed by atoms with Crippen LogP contribution in [0, 0.1) is 12.7 Å². The molecule has 0 saturated carbocycles. The molecule has 0 spiro atoms. The number of halogens is 1. The van der Waals surface area contributed by atoms with E-state index in [0.717, 1.165) is 12.2 Å². The first-order chi connectivity index (χ1) is 13.0. The molecule has 0 aliphatic carbocycles. The van der Waals surface area contributed by atoms with Crippen molar-refractivity contribution in [1.82, 2.24) is 15.0 Å². The number of nitrogens with zero attached hydrogens (tertiary/aromatic N) is 3. The Labute approximate surface area is 158 Å². The standard InChI is InChI=1S/C21H24FN3O2/c1-14-5-8-17(12-19(14)22)21-23-20(27-24-21)13-25(3)15(2)11-16-6-9-18(26-4)10-7-16/h5-10,12,15H,11,13H2,1-4H3. The smallest absolute Gasteiger partial charge is 0.241 e. The van der Waals surface area contributed by atoms with E-state index in [9.17, 15) is 4.39 Å². The van der Waals surface area contributed by atoms with Crippen LogP contribution in [0.5, 0.6) is 5.75 Å². The highest BCUT2D eigenvalue weighted by atomic mass is 19.1. The Balaban J connectivity index is 1.62. The van der Waals surface area contributed by atoms with E-state index in [1.165, 1.54) is 11.6 Å². The Morgan fingerprint density at radius 2 is 1.93 bits per heavy atom. The van der Waals surface area contributed by atoms with Crippen LogP contribution in [-0.2, 0) is 13.0 Å². The molecular weight excluding hydrogens is 345 g/mol. The zero-order valence-electron chi connectivity index (χ0n) is 16.1. The van der Waals surface area contributed by atoms with Gasteiger partial charge in [-0.3, -0.25) is 4.90 Å². The van der Waals surface area contributed by atoms with Crippen molar-refractivity contribution in [3.05, 3.63) is 65.3 Å². The van der Waals surface area contributed by atoms with E-state index in [1.54, 1.807) is 26.2 Å². The first-order valence-electron chi connectivity index (χ1n) is 8.88. The average Bonchev–Trinajstić information content (AvgIpc) is 3.13. The third-order valence-corrected chi connectivity index (χ3v) is 4.73. The Hall–Kier alpha value is -2.73. The highest BCUT2D eigenvalue weighted by Crippen LogP contribution is 2.20. The van der Waals surface area contributed by atoms with Crippen molar-refractivity contribution in [3.8, 4) is 17.1 Å². The molecule has 0 aliphatic heterocycles. The number of likely N-dealkylation sites (N-methyl/N-ethyl adjacent to an activating group) is 1. The van der Waals surface area contributed by atoms with Crippen molar-refractivity contribution < 1.29 is 13.7 Å². The van der Waals surface area contributed by atoms with Gasteiger partial charge in [0.2, 0.25) is 11.7 Å². The van der Waals surface area contributed by atoms with Crippen molar-refractivity contribution in [3.63, 3.8) is 0 Å². The number of aryl methyl sites for hydroxylation is 1. The molecule has 0 saturated heterocycles. The summed E-state index contributed by atoms with van der Waals surface area (Å²) in [6.07, 6.45) is 0.894. The molecule has 3 aromatic rings. The van der Waals surface area contributed by atoms with Gasteiger partial charge < -0.3 is 9.26 Å². The summed E-state index contributed by atoms with van der Waals surface area (Å²) in [7, 11) is 3.68. The SMILES string of the molecule is COc1ccc(CC(C)N(C)Cc2nc(-c3ccc(C)c(F)c3)no2)cc1. The monoisotopic (exact) mass is 369 g/mol.